The second-order valence-electron chi connectivity index (χ2n) is 6.67. The van der Waals surface area contributed by atoms with Crippen molar-refractivity contribution >= 4 is 0 Å². The molecule has 3 rings (SSSR count). The van der Waals surface area contributed by atoms with Crippen molar-refractivity contribution in [3.05, 3.63) is 18.2 Å². The minimum absolute atomic E-state index is 0.0450. The zero-order valence-corrected chi connectivity index (χ0v) is 13.2. The number of ether oxygens (including phenoxy) is 2. The molecular weight excluding hydrogens is 278 g/mol. The summed E-state index contributed by atoms with van der Waals surface area (Å²) in [5, 5.41) is 9.86. The lowest BCUT2D eigenvalue weighted by Crippen LogP contribution is -2.44. The second kappa shape index (κ2) is 7.23. The van der Waals surface area contributed by atoms with Crippen LogP contribution in [0.25, 0.3) is 0 Å². The summed E-state index contributed by atoms with van der Waals surface area (Å²) in [6, 6.07) is 5.12. The van der Waals surface area contributed by atoms with Crippen LogP contribution in [0.2, 0.25) is 0 Å². The fourth-order valence-electron chi connectivity index (χ4n) is 3.61. The molecule has 0 radical (unpaired) electrons. The van der Waals surface area contributed by atoms with Crippen LogP contribution in [0.3, 0.4) is 0 Å². The van der Waals surface area contributed by atoms with E-state index in [1.807, 2.05) is 0 Å². The molecule has 2 aliphatic rings. The Hall–Kier alpha value is -1.42. The average Bonchev–Trinajstić information content (AvgIpc) is 2.56. The molecule has 0 spiro atoms. The average molecular weight is 305 g/mol. The van der Waals surface area contributed by atoms with E-state index in [0.29, 0.717) is 18.1 Å². The maximum absolute atomic E-state index is 9.86. The minimum atomic E-state index is -0.174. The topological polar surface area (TPSA) is 64.7 Å². The summed E-state index contributed by atoms with van der Waals surface area (Å²) in [6.45, 7) is 0.459. The summed E-state index contributed by atoms with van der Waals surface area (Å²) < 4.78 is 11.5. The molecule has 122 valence electrons. The van der Waals surface area contributed by atoms with E-state index in [2.05, 4.69) is 0 Å². The highest BCUT2D eigenvalue weighted by atomic mass is 16.6. The zero-order valence-electron chi connectivity index (χ0n) is 13.2. The SMILES string of the molecule is NC(CCCC1CCCCC1)C1COc2cccc(O)c2O1. The molecule has 0 amide bonds. The maximum atomic E-state index is 9.86. The van der Waals surface area contributed by atoms with E-state index in [0.717, 1.165) is 18.8 Å². The summed E-state index contributed by atoms with van der Waals surface area (Å²) in [5.74, 6) is 2.05. The first-order chi connectivity index (χ1) is 10.7. The fourth-order valence-corrected chi connectivity index (χ4v) is 3.61. The summed E-state index contributed by atoms with van der Waals surface area (Å²) in [7, 11) is 0. The molecule has 2 atom stereocenters. The van der Waals surface area contributed by atoms with Gasteiger partial charge in [-0.1, -0.05) is 51.0 Å². The highest BCUT2D eigenvalue weighted by molar-refractivity contribution is 5.51. The van der Waals surface area contributed by atoms with E-state index in [1.165, 1.54) is 38.5 Å². The van der Waals surface area contributed by atoms with E-state index in [1.54, 1.807) is 18.2 Å². The highest BCUT2D eigenvalue weighted by Crippen LogP contribution is 2.40. The van der Waals surface area contributed by atoms with Gasteiger partial charge in [-0.25, -0.2) is 0 Å². The van der Waals surface area contributed by atoms with E-state index >= 15 is 0 Å². The normalized spacial score (nSPS) is 23.2. The van der Waals surface area contributed by atoms with E-state index in [-0.39, 0.29) is 17.9 Å². The summed E-state index contributed by atoms with van der Waals surface area (Å²) >= 11 is 0. The van der Waals surface area contributed by atoms with Crippen LogP contribution < -0.4 is 15.2 Å². The van der Waals surface area contributed by atoms with Crippen LogP contribution in [-0.2, 0) is 0 Å². The van der Waals surface area contributed by atoms with Crippen molar-refractivity contribution in [3.63, 3.8) is 0 Å². The standard InChI is InChI=1S/C18H27NO3/c19-14(9-4-8-13-6-2-1-3-7-13)17-12-21-16-11-5-10-15(20)18(16)22-17/h5,10-11,13-14,17,20H,1-4,6-9,12,19H2. The van der Waals surface area contributed by atoms with Crippen molar-refractivity contribution < 1.29 is 14.6 Å². The monoisotopic (exact) mass is 305 g/mol. The molecule has 1 aromatic carbocycles. The molecule has 1 fully saturated rings. The first kappa shape index (κ1) is 15.5. The number of rotatable bonds is 5. The Balaban J connectivity index is 1.47. The number of hydrogen-bond acceptors (Lipinski definition) is 4. The largest absolute Gasteiger partial charge is 0.504 e. The van der Waals surface area contributed by atoms with Crippen molar-refractivity contribution in [1.82, 2.24) is 0 Å². The molecule has 1 aromatic rings. The maximum Gasteiger partial charge on any atom is 0.203 e. The third kappa shape index (κ3) is 3.67. The van der Waals surface area contributed by atoms with Crippen molar-refractivity contribution in [1.29, 1.82) is 0 Å². The van der Waals surface area contributed by atoms with E-state index in [9.17, 15) is 5.11 Å². The Labute approximate surface area is 132 Å². The van der Waals surface area contributed by atoms with Gasteiger partial charge in [-0.15, -0.1) is 0 Å². The van der Waals surface area contributed by atoms with E-state index < -0.39 is 0 Å². The lowest BCUT2D eigenvalue weighted by atomic mass is 9.85. The fraction of sp³-hybridized carbons (Fsp3) is 0.667. The molecule has 1 aliphatic carbocycles. The molecule has 22 heavy (non-hydrogen) atoms. The first-order valence-corrected chi connectivity index (χ1v) is 8.61. The quantitative estimate of drug-likeness (QED) is 0.872. The third-order valence-corrected chi connectivity index (χ3v) is 4.98. The van der Waals surface area contributed by atoms with Gasteiger partial charge in [-0.3, -0.25) is 0 Å². The Bertz CT molecular complexity index is 485. The van der Waals surface area contributed by atoms with Gasteiger partial charge < -0.3 is 20.3 Å². The second-order valence-corrected chi connectivity index (χ2v) is 6.67. The third-order valence-electron chi connectivity index (χ3n) is 4.98. The van der Waals surface area contributed by atoms with Gasteiger partial charge in [0.15, 0.2) is 11.5 Å². The lowest BCUT2D eigenvalue weighted by molar-refractivity contribution is 0.0657. The predicted octanol–water partition coefficient (Wildman–Crippen LogP) is 3.61. The number of benzene rings is 1. The van der Waals surface area contributed by atoms with Crippen LogP contribution in [0.4, 0.5) is 0 Å². The number of fused-ring (bicyclic) bond motifs is 1. The molecule has 4 nitrogen and oxygen atoms in total. The number of aromatic hydroxyl groups is 1. The van der Waals surface area contributed by atoms with Gasteiger partial charge in [-0.05, 0) is 24.5 Å². The highest BCUT2D eigenvalue weighted by Gasteiger charge is 2.28. The molecule has 0 aromatic heterocycles. The Morgan fingerprint density at radius 2 is 2.05 bits per heavy atom. The molecule has 0 saturated heterocycles. The van der Waals surface area contributed by atoms with Crippen LogP contribution in [0.15, 0.2) is 18.2 Å². The number of phenolic OH excluding ortho intramolecular Hbond substituents is 1. The number of nitrogens with two attached hydrogens (primary N) is 1. The van der Waals surface area contributed by atoms with Crippen LogP contribution >= 0.6 is 0 Å². The summed E-state index contributed by atoms with van der Waals surface area (Å²) in [4.78, 5) is 0. The van der Waals surface area contributed by atoms with Gasteiger partial charge >= 0.3 is 0 Å². The molecule has 2 unspecified atom stereocenters. The van der Waals surface area contributed by atoms with Gasteiger partial charge in [0.1, 0.15) is 12.7 Å². The van der Waals surface area contributed by atoms with Crippen LogP contribution in [0, 0.1) is 5.92 Å². The molecule has 3 N–H and O–H groups in total. The minimum Gasteiger partial charge on any atom is -0.504 e. The molecule has 0 bridgehead atoms. The molecule has 1 saturated carbocycles. The van der Waals surface area contributed by atoms with Crippen LogP contribution in [-0.4, -0.2) is 23.9 Å². The van der Waals surface area contributed by atoms with Crippen LogP contribution in [0.1, 0.15) is 51.4 Å². The van der Waals surface area contributed by atoms with Crippen molar-refractivity contribution in [2.75, 3.05) is 6.61 Å². The van der Waals surface area contributed by atoms with Crippen molar-refractivity contribution in [2.45, 2.75) is 63.5 Å². The summed E-state index contributed by atoms with van der Waals surface area (Å²) in [6.07, 6.45) is 10.2. The zero-order chi connectivity index (χ0) is 15.4. The number of hydrogen-bond donors (Lipinski definition) is 2. The number of phenols is 1. The Morgan fingerprint density at radius 3 is 2.86 bits per heavy atom. The van der Waals surface area contributed by atoms with Crippen molar-refractivity contribution in [3.8, 4) is 17.2 Å². The first-order valence-electron chi connectivity index (χ1n) is 8.61. The van der Waals surface area contributed by atoms with Gasteiger partial charge in [0.05, 0.1) is 0 Å². The van der Waals surface area contributed by atoms with E-state index in [4.69, 9.17) is 15.2 Å². The van der Waals surface area contributed by atoms with Crippen molar-refractivity contribution in [2.24, 2.45) is 11.7 Å². The number of para-hydroxylation sites is 1. The molecule has 1 aliphatic heterocycles. The Kier molecular flexibility index (Phi) is 5.08. The van der Waals surface area contributed by atoms with Gasteiger partial charge in [-0.2, -0.15) is 0 Å². The smallest absolute Gasteiger partial charge is 0.203 e. The van der Waals surface area contributed by atoms with Gasteiger partial charge in [0.25, 0.3) is 0 Å². The Morgan fingerprint density at radius 1 is 1.23 bits per heavy atom. The lowest BCUT2D eigenvalue weighted by Gasteiger charge is -2.31. The van der Waals surface area contributed by atoms with Crippen LogP contribution in [0.5, 0.6) is 17.2 Å². The van der Waals surface area contributed by atoms with Gasteiger partial charge in [0, 0.05) is 6.04 Å². The molecule has 4 heteroatoms. The van der Waals surface area contributed by atoms with Gasteiger partial charge in [0.2, 0.25) is 5.75 Å². The summed E-state index contributed by atoms with van der Waals surface area (Å²) in [5.41, 5.74) is 6.28. The molecule has 1 heterocycles. The molecular formula is C18H27NO3. The predicted molar refractivity (Wildman–Crippen MR) is 86.4 cm³/mol.